The number of hydrogen-bond acceptors (Lipinski definition) is 2. The number of carbonyl (C=O) groups excluding carboxylic acids is 2. The van der Waals surface area contributed by atoms with Gasteiger partial charge in [-0.25, -0.2) is 0 Å². The van der Waals surface area contributed by atoms with E-state index in [1.165, 1.54) is 0 Å². The van der Waals surface area contributed by atoms with E-state index in [4.69, 9.17) is 11.6 Å². The van der Waals surface area contributed by atoms with Crippen LogP contribution in [0.4, 0.5) is 0 Å². The van der Waals surface area contributed by atoms with Gasteiger partial charge in [0.1, 0.15) is 6.54 Å². The number of halogens is 1. The number of hydrazine groups is 1. The Morgan fingerprint density at radius 2 is 1.64 bits per heavy atom. The Morgan fingerprint density at radius 3 is 2.48 bits per heavy atom. The molecule has 1 heterocycles. The van der Waals surface area contributed by atoms with Crippen molar-refractivity contribution >= 4 is 34.3 Å². The number of nitrogens with zero attached hydrogens (tertiary/aromatic N) is 1. The van der Waals surface area contributed by atoms with E-state index in [1.54, 1.807) is 6.07 Å². The molecule has 0 aliphatic rings. The number of hydrogen-bond donors (Lipinski definition) is 2. The Hall–Kier alpha value is -2.79. The van der Waals surface area contributed by atoms with Gasteiger partial charge in [0.15, 0.2) is 0 Å². The second-order valence-electron chi connectivity index (χ2n) is 5.69. The largest absolute Gasteiger partial charge is 0.338 e. The number of fused-ring (bicyclic) bond motifs is 1. The molecule has 3 rings (SSSR count). The van der Waals surface area contributed by atoms with E-state index in [-0.39, 0.29) is 24.8 Å². The lowest BCUT2D eigenvalue weighted by Crippen LogP contribution is -2.43. The molecule has 6 heteroatoms. The zero-order valence-electron chi connectivity index (χ0n) is 13.5. The smallest absolute Gasteiger partial charge is 0.258 e. The predicted octanol–water partition coefficient (Wildman–Crippen LogP) is 3.07. The minimum absolute atomic E-state index is 0.137. The van der Waals surface area contributed by atoms with Gasteiger partial charge in [0.25, 0.3) is 5.91 Å². The van der Waals surface area contributed by atoms with Crippen molar-refractivity contribution in [1.82, 2.24) is 15.4 Å². The molecule has 25 heavy (non-hydrogen) atoms. The number of nitrogens with one attached hydrogen (secondary N) is 2. The van der Waals surface area contributed by atoms with Crippen molar-refractivity contribution in [1.29, 1.82) is 0 Å². The lowest BCUT2D eigenvalue weighted by Gasteiger charge is -2.09. The number of para-hydroxylation sites is 1. The second kappa shape index (κ2) is 7.85. The topological polar surface area (TPSA) is 63.1 Å². The molecule has 0 atom stereocenters. The molecule has 0 radical (unpaired) electrons. The van der Waals surface area contributed by atoms with Crippen LogP contribution in [0.25, 0.3) is 10.9 Å². The summed E-state index contributed by atoms with van der Waals surface area (Å²) in [5.74, 6) is -0.543. The van der Waals surface area contributed by atoms with Gasteiger partial charge >= 0.3 is 0 Å². The van der Waals surface area contributed by atoms with Crippen LogP contribution < -0.4 is 10.9 Å². The number of benzene rings is 2. The molecule has 1 aromatic heterocycles. The summed E-state index contributed by atoms with van der Waals surface area (Å²) in [6.07, 6.45) is 2.61. The molecule has 128 valence electrons. The number of amides is 2. The van der Waals surface area contributed by atoms with Gasteiger partial charge in [0, 0.05) is 23.2 Å². The zero-order valence-corrected chi connectivity index (χ0v) is 14.3. The summed E-state index contributed by atoms with van der Waals surface area (Å²) in [4.78, 5) is 23.9. The highest BCUT2D eigenvalue weighted by Gasteiger charge is 2.08. The van der Waals surface area contributed by atoms with Gasteiger partial charge < -0.3 is 4.57 Å². The fourth-order valence-corrected chi connectivity index (χ4v) is 2.85. The third-order valence-corrected chi connectivity index (χ3v) is 4.28. The monoisotopic (exact) mass is 355 g/mol. The molecular weight excluding hydrogens is 338 g/mol. The maximum atomic E-state index is 12.0. The van der Waals surface area contributed by atoms with Gasteiger partial charge in [-0.15, -0.1) is 0 Å². The molecule has 0 fully saturated rings. The third kappa shape index (κ3) is 4.39. The maximum absolute atomic E-state index is 12.0. The Labute approximate surface area is 150 Å². The molecule has 0 spiro atoms. The number of aryl methyl sites for hydroxylation is 1. The van der Waals surface area contributed by atoms with Crippen LogP contribution in [0.5, 0.6) is 0 Å². The van der Waals surface area contributed by atoms with Crippen molar-refractivity contribution in [3.05, 3.63) is 71.4 Å². The molecule has 3 aromatic rings. The molecule has 0 aliphatic carbocycles. The standard InChI is InChI=1S/C19H18ClN3O2/c20-16-7-3-1-5-14(16)9-10-18(24)21-22-19(25)13-23-12-11-15-6-2-4-8-17(15)23/h1-8,11-12H,9-10,13H2,(H,21,24)(H,22,25). The molecule has 2 aromatic carbocycles. The molecule has 0 aliphatic heterocycles. The van der Waals surface area contributed by atoms with Crippen molar-refractivity contribution in [3.63, 3.8) is 0 Å². The molecule has 5 nitrogen and oxygen atoms in total. The zero-order chi connectivity index (χ0) is 17.6. The van der Waals surface area contributed by atoms with Gasteiger partial charge in [-0.1, -0.05) is 48.0 Å². The summed E-state index contributed by atoms with van der Waals surface area (Å²) < 4.78 is 1.83. The molecular formula is C19H18ClN3O2. The minimum Gasteiger partial charge on any atom is -0.338 e. The fourth-order valence-electron chi connectivity index (χ4n) is 2.62. The lowest BCUT2D eigenvalue weighted by molar-refractivity contribution is -0.129. The summed E-state index contributed by atoms with van der Waals surface area (Å²) >= 11 is 6.06. The van der Waals surface area contributed by atoms with Crippen LogP contribution in [-0.2, 0) is 22.6 Å². The number of carbonyl (C=O) groups is 2. The van der Waals surface area contributed by atoms with Crippen LogP contribution in [0, 0.1) is 0 Å². The van der Waals surface area contributed by atoms with E-state index >= 15 is 0 Å². The van der Waals surface area contributed by atoms with Crippen LogP contribution in [0.1, 0.15) is 12.0 Å². The highest BCUT2D eigenvalue weighted by Crippen LogP contribution is 2.16. The lowest BCUT2D eigenvalue weighted by atomic mass is 10.1. The van der Waals surface area contributed by atoms with Crippen LogP contribution >= 0.6 is 11.6 Å². The molecule has 0 bridgehead atoms. The molecule has 2 amide bonds. The van der Waals surface area contributed by atoms with Crippen LogP contribution in [0.2, 0.25) is 5.02 Å². The van der Waals surface area contributed by atoms with E-state index < -0.39 is 0 Å². The summed E-state index contributed by atoms with van der Waals surface area (Å²) in [5, 5.41) is 1.71. The van der Waals surface area contributed by atoms with Crippen LogP contribution in [-0.4, -0.2) is 16.4 Å². The van der Waals surface area contributed by atoms with Gasteiger partial charge in [-0.05, 0) is 35.6 Å². The SMILES string of the molecule is O=C(CCc1ccccc1Cl)NNC(=O)Cn1ccc2ccccc21. The number of aromatic nitrogens is 1. The first kappa shape index (κ1) is 17.0. The van der Waals surface area contributed by atoms with Crippen molar-refractivity contribution in [2.45, 2.75) is 19.4 Å². The Kier molecular flexibility index (Phi) is 5.36. The molecule has 2 N–H and O–H groups in total. The van der Waals surface area contributed by atoms with Gasteiger partial charge in [0.05, 0.1) is 0 Å². The van der Waals surface area contributed by atoms with Crippen molar-refractivity contribution in [2.75, 3.05) is 0 Å². The van der Waals surface area contributed by atoms with Gasteiger partial charge in [-0.2, -0.15) is 0 Å². The Bertz CT molecular complexity index is 904. The quantitative estimate of drug-likeness (QED) is 0.691. The highest BCUT2D eigenvalue weighted by atomic mass is 35.5. The first-order chi connectivity index (χ1) is 12.1. The van der Waals surface area contributed by atoms with E-state index in [0.717, 1.165) is 16.5 Å². The van der Waals surface area contributed by atoms with Crippen LogP contribution in [0.3, 0.4) is 0 Å². The summed E-state index contributed by atoms with van der Waals surface area (Å²) in [6.45, 7) is 0.137. The first-order valence-corrected chi connectivity index (χ1v) is 8.36. The average molecular weight is 356 g/mol. The van der Waals surface area contributed by atoms with Crippen molar-refractivity contribution in [3.8, 4) is 0 Å². The number of rotatable bonds is 5. The normalized spacial score (nSPS) is 10.6. The molecule has 0 saturated heterocycles. The first-order valence-electron chi connectivity index (χ1n) is 7.98. The summed E-state index contributed by atoms with van der Waals surface area (Å²) in [6, 6.07) is 17.2. The third-order valence-electron chi connectivity index (χ3n) is 3.91. The van der Waals surface area contributed by atoms with E-state index in [1.807, 2.05) is 59.3 Å². The molecule has 0 unspecified atom stereocenters. The van der Waals surface area contributed by atoms with E-state index in [9.17, 15) is 9.59 Å². The Balaban J connectivity index is 1.47. The predicted molar refractivity (Wildman–Crippen MR) is 98.0 cm³/mol. The highest BCUT2D eigenvalue weighted by molar-refractivity contribution is 6.31. The van der Waals surface area contributed by atoms with E-state index in [0.29, 0.717) is 11.4 Å². The average Bonchev–Trinajstić information content (AvgIpc) is 3.02. The van der Waals surface area contributed by atoms with Crippen LogP contribution in [0.15, 0.2) is 60.8 Å². The maximum Gasteiger partial charge on any atom is 0.258 e. The van der Waals surface area contributed by atoms with Gasteiger partial charge in [0.2, 0.25) is 5.91 Å². The second-order valence-corrected chi connectivity index (χ2v) is 6.10. The summed E-state index contributed by atoms with van der Waals surface area (Å²) in [5.41, 5.74) is 6.76. The molecule has 0 saturated carbocycles. The van der Waals surface area contributed by atoms with Crippen molar-refractivity contribution in [2.24, 2.45) is 0 Å². The van der Waals surface area contributed by atoms with E-state index in [2.05, 4.69) is 10.9 Å². The fraction of sp³-hybridized carbons (Fsp3) is 0.158. The van der Waals surface area contributed by atoms with Gasteiger partial charge in [-0.3, -0.25) is 20.4 Å². The van der Waals surface area contributed by atoms with Crippen molar-refractivity contribution < 1.29 is 9.59 Å². The minimum atomic E-state index is -0.285. The summed E-state index contributed by atoms with van der Waals surface area (Å²) in [7, 11) is 0. The Morgan fingerprint density at radius 1 is 0.920 bits per heavy atom.